The standard InChI is InChI=1S/C40H52N8O5S/c1-24(51-5)35-28(18-26(21-42-35)46-13-11-45(4)12-14-46)36-29-20-40(2,3)23-53-39(50)31-8-6-10-48(44-31)38(49)30(41)19-34-43-32(22-54-34)25-16-27(29)37-33(17-25)52-15-7-9-47(36)37/h16-18,21-22,24,30-31,44H,6-15,19-20,23,41H2,1-5H3/t24-,30-,31-/m0/s1. The molecule has 4 aliphatic rings. The van der Waals surface area contributed by atoms with Crippen molar-refractivity contribution < 1.29 is 23.8 Å². The number of esters is 1. The monoisotopic (exact) mass is 756 g/mol. The number of nitrogens with zero attached hydrogens (tertiary/aromatic N) is 6. The first kappa shape index (κ1) is 36.9. The van der Waals surface area contributed by atoms with Crippen molar-refractivity contribution in [3.8, 4) is 28.3 Å². The Balaban J connectivity index is 1.33. The van der Waals surface area contributed by atoms with Gasteiger partial charge in [-0.25, -0.2) is 10.4 Å². The molecule has 4 aliphatic heterocycles. The quantitative estimate of drug-likeness (QED) is 0.284. The van der Waals surface area contributed by atoms with Crippen molar-refractivity contribution in [2.75, 3.05) is 65.0 Å². The SMILES string of the molecule is CO[C@@H](C)c1ncc(N2CCN(C)CC2)cc1-c1c2c3cc(cc4c3n1CCCO4)-c1csc(n1)C[C@H](N)C(=O)N1CCC[C@H](N1)C(=O)OCC(C)(C)C2. The van der Waals surface area contributed by atoms with Crippen LogP contribution in [0.5, 0.6) is 5.75 Å². The van der Waals surface area contributed by atoms with Crippen LogP contribution < -0.4 is 20.8 Å². The van der Waals surface area contributed by atoms with Gasteiger partial charge in [0.05, 0.1) is 64.8 Å². The van der Waals surface area contributed by atoms with Crippen LogP contribution in [0.2, 0.25) is 0 Å². The van der Waals surface area contributed by atoms with E-state index in [0.717, 1.165) is 100 Å². The van der Waals surface area contributed by atoms with Gasteiger partial charge in [-0.2, -0.15) is 0 Å². The molecule has 2 saturated heterocycles. The largest absolute Gasteiger partial charge is 0.491 e. The number of cyclic esters (lactones) is 1. The number of hydrazine groups is 1. The van der Waals surface area contributed by atoms with Gasteiger partial charge in [0.15, 0.2) is 0 Å². The Bertz CT molecular complexity index is 2050. The molecule has 7 heterocycles. The fourth-order valence-electron chi connectivity index (χ4n) is 8.24. The lowest BCUT2D eigenvalue weighted by Crippen LogP contribution is -2.59. The van der Waals surface area contributed by atoms with Crippen LogP contribution in [-0.4, -0.2) is 108 Å². The van der Waals surface area contributed by atoms with Gasteiger partial charge < -0.3 is 34.3 Å². The first-order chi connectivity index (χ1) is 26.0. The summed E-state index contributed by atoms with van der Waals surface area (Å²) in [5, 5.41) is 5.38. The van der Waals surface area contributed by atoms with E-state index in [9.17, 15) is 9.59 Å². The lowest BCUT2D eigenvalue weighted by molar-refractivity contribution is -0.154. The third kappa shape index (κ3) is 7.10. The molecule has 1 aromatic carbocycles. The number of likely N-dealkylation sites (N-methyl/N-ethyl adjacent to an activating group) is 1. The average molecular weight is 757 g/mol. The molecule has 0 unspecified atom stereocenters. The molecule has 1 amide bonds. The van der Waals surface area contributed by atoms with Crippen molar-refractivity contribution in [3.05, 3.63) is 46.0 Å². The van der Waals surface area contributed by atoms with Gasteiger partial charge in [0, 0.05) is 80.1 Å². The number of amides is 1. The predicted octanol–water partition coefficient (Wildman–Crippen LogP) is 4.56. The number of aryl methyl sites for hydroxylation is 1. The molecular formula is C40H52N8O5S. The first-order valence-corrected chi connectivity index (χ1v) is 20.1. The fourth-order valence-corrected chi connectivity index (χ4v) is 9.11. The summed E-state index contributed by atoms with van der Waals surface area (Å²) >= 11 is 1.50. The molecule has 3 atom stereocenters. The smallest absolute Gasteiger partial charge is 0.324 e. The lowest BCUT2D eigenvalue weighted by atomic mass is 9.84. The maximum atomic E-state index is 13.6. The maximum absolute atomic E-state index is 13.6. The van der Waals surface area contributed by atoms with Gasteiger partial charge in [0.2, 0.25) is 0 Å². The highest BCUT2D eigenvalue weighted by molar-refractivity contribution is 7.10. The van der Waals surface area contributed by atoms with Crippen LogP contribution >= 0.6 is 11.3 Å². The topological polar surface area (TPSA) is 140 Å². The van der Waals surface area contributed by atoms with Crippen LogP contribution in [0.15, 0.2) is 29.8 Å². The number of methoxy groups -OCH3 is 1. The number of nitrogens with two attached hydrogens (primary N) is 1. The molecule has 0 aliphatic carbocycles. The number of thiazole rings is 1. The zero-order chi connectivity index (χ0) is 37.7. The van der Waals surface area contributed by atoms with Gasteiger partial charge in [-0.05, 0) is 63.4 Å². The zero-order valence-corrected chi connectivity index (χ0v) is 32.8. The van der Waals surface area contributed by atoms with Crippen molar-refractivity contribution in [1.82, 2.24) is 29.9 Å². The molecule has 0 spiro atoms. The Morgan fingerprint density at radius 2 is 1.89 bits per heavy atom. The zero-order valence-electron chi connectivity index (χ0n) is 32.0. The second-order valence-electron chi connectivity index (χ2n) is 16.0. The number of hydrogen-bond acceptors (Lipinski definition) is 12. The van der Waals surface area contributed by atoms with E-state index in [1.165, 1.54) is 16.3 Å². The summed E-state index contributed by atoms with van der Waals surface area (Å²) in [6, 6.07) is 5.20. The van der Waals surface area contributed by atoms with Crippen LogP contribution in [0.25, 0.3) is 33.4 Å². The molecule has 288 valence electrons. The highest BCUT2D eigenvalue weighted by atomic mass is 32.1. The maximum Gasteiger partial charge on any atom is 0.324 e. The Morgan fingerprint density at radius 3 is 2.69 bits per heavy atom. The first-order valence-electron chi connectivity index (χ1n) is 19.2. The second-order valence-corrected chi connectivity index (χ2v) is 17.0. The van der Waals surface area contributed by atoms with Gasteiger partial charge in [0.25, 0.3) is 5.91 Å². The number of carbonyl (C=O) groups excluding carboxylic acids is 2. The molecule has 6 bridgehead atoms. The Kier molecular flexibility index (Phi) is 10.2. The van der Waals surface area contributed by atoms with Crippen LogP contribution in [0.3, 0.4) is 0 Å². The van der Waals surface area contributed by atoms with E-state index in [1.807, 2.05) is 11.6 Å². The van der Waals surface area contributed by atoms with Gasteiger partial charge in [0.1, 0.15) is 11.8 Å². The number of nitrogens with one attached hydrogen (secondary N) is 1. The van der Waals surface area contributed by atoms with Crippen LogP contribution in [0, 0.1) is 5.41 Å². The van der Waals surface area contributed by atoms with Gasteiger partial charge in [-0.3, -0.25) is 19.6 Å². The molecule has 8 rings (SSSR count). The van der Waals surface area contributed by atoms with Crippen molar-refractivity contribution in [2.45, 2.75) is 77.6 Å². The lowest BCUT2D eigenvalue weighted by Gasteiger charge is -2.35. The van der Waals surface area contributed by atoms with E-state index in [0.29, 0.717) is 38.8 Å². The van der Waals surface area contributed by atoms with E-state index in [4.69, 9.17) is 29.9 Å². The van der Waals surface area contributed by atoms with Crippen molar-refractivity contribution >= 4 is 39.8 Å². The molecule has 0 radical (unpaired) electrons. The Hall–Kier alpha value is -4.08. The number of benzene rings is 1. The minimum atomic E-state index is -0.804. The Morgan fingerprint density at radius 1 is 1.07 bits per heavy atom. The highest BCUT2D eigenvalue weighted by Gasteiger charge is 2.35. The van der Waals surface area contributed by atoms with Gasteiger partial charge >= 0.3 is 5.97 Å². The van der Waals surface area contributed by atoms with Crippen molar-refractivity contribution in [2.24, 2.45) is 11.1 Å². The van der Waals surface area contributed by atoms with E-state index in [2.05, 4.69) is 65.8 Å². The van der Waals surface area contributed by atoms with E-state index < -0.39 is 17.5 Å². The minimum Gasteiger partial charge on any atom is -0.491 e. The molecule has 3 aromatic heterocycles. The molecule has 0 saturated carbocycles. The van der Waals surface area contributed by atoms with Crippen molar-refractivity contribution in [1.29, 1.82) is 0 Å². The number of carbonyl (C=O) groups is 2. The summed E-state index contributed by atoms with van der Waals surface area (Å²) in [6.07, 6.45) is 4.73. The van der Waals surface area contributed by atoms with Crippen LogP contribution in [0.1, 0.15) is 62.4 Å². The number of hydrogen-bond donors (Lipinski definition) is 2. The number of rotatable bonds is 4. The number of pyridine rings is 1. The third-order valence-electron chi connectivity index (χ3n) is 11.3. The number of aromatic nitrogens is 3. The average Bonchev–Trinajstić information content (AvgIpc) is 3.69. The molecular weight excluding hydrogens is 705 g/mol. The van der Waals surface area contributed by atoms with E-state index in [-0.39, 0.29) is 24.6 Å². The number of fused-ring (bicyclic) bond motifs is 6. The van der Waals surface area contributed by atoms with E-state index >= 15 is 0 Å². The molecule has 14 heteroatoms. The molecule has 4 aromatic rings. The summed E-state index contributed by atoms with van der Waals surface area (Å²) in [5.41, 5.74) is 17.2. The molecule has 2 fully saturated rings. The molecule has 54 heavy (non-hydrogen) atoms. The summed E-state index contributed by atoms with van der Waals surface area (Å²) < 4.78 is 21.0. The number of piperazine rings is 1. The predicted molar refractivity (Wildman–Crippen MR) is 210 cm³/mol. The van der Waals surface area contributed by atoms with Crippen LogP contribution in [-0.2, 0) is 38.4 Å². The molecule has 3 N–H and O–H groups in total. The molecule has 13 nitrogen and oxygen atoms in total. The Labute approximate surface area is 320 Å². The summed E-state index contributed by atoms with van der Waals surface area (Å²) in [4.78, 5) is 41.9. The number of ether oxygens (including phenoxy) is 3. The number of anilines is 1. The highest BCUT2D eigenvalue weighted by Crippen LogP contribution is 2.46. The summed E-state index contributed by atoms with van der Waals surface area (Å²) in [5.74, 6) is 0.187. The van der Waals surface area contributed by atoms with Crippen LogP contribution in [0.4, 0.5) is 5.69 Å². The van der Waals surface area contributed by atoms with Gasteiger partial charge in [-0.1, -0.05) is 13.8 Å². The second kappa shape index (κ2) is 14.9. The fraction of sp³-hybridized carbons (Fsp3) is 0.550. The van der Waals surface area contributed by atoms with E-state index in [1.54, 1.807) is 7.11 Å². The van der Waals surface area contributed by atoms with Gasteiger partial charge in [-0.15, -0.1) is 11.3 Å². The van der Waals surface area contributed by atoms with Crippen molar-refractivity contribution in [3.63, 3.8) is 0 Å². The minimum absolute atomic E-state index is 0.197. The third-order valence-corrected chi connectivity index (χ3v) is 12.2. The summed E-state index contributed by atoms with van der Waals surface area (Å²) in [6.45, 7) is 12.2. The summed E-state index contributed by atoms with van der Waals surface area (Å²) in [7, 11) is 3.90. The normalized spacial score (nSPS) is 23.1.